The standard InChI is InChI=1S/C13H20O.C2H4O2/c1-10-6-5-9-13(3,4)12(10)8-7-11(2)14;1-2(3)4/h7-8,14H,2,5-6,9H2,1,3-4H3;1H3,(H,3,4). The van der Waals surface area contributed by atoms with E-state index in [4.69, 9.17) is 15.0 Å². The molecular formula is C15H24O3. The number of carboxylic acids is 1. The van der Waals surface area contributed by atoms with Crippen LogP contribution in [0.2, 0.25) is 0 Å². The van der Waals surface area contributed by atoms with Crippen LogP contribution in [0, 0.1) is 5.41 Å². The highest BCUT2D eigenvalue weighted by Crippen LogP contribution is 2.40. The number of allylic oxidation sites excluding steroid dienone is 4. The number of hydrogen-bond donors (Lipinski definition) is 2. The zero-order valence-electron chi connectivity index (χ0n) is 11.8. The molecule has 102 valence electrons. The third-order valence-electron chi connectivity index (χ3n) is 2.98. The third-order valence-corrected chi connectivity index (χ3v) is 2.98. The predicted octanol–water partition coefficient (Wildman–Crippen LogP) is 4.23. The maximum atomic E-state index is 9.04. The molecule has 0 spiro atoms. The summed E-state index contributed by atoms with van der Waals surface area (Å²) in [5, 5.41) is 16.5. The van der Waals surface area contributed by atoms with Crippen LogP contribution in [0.1, 0.15) is 47.0 Å². The summed E-state index contributed by atoms with van der Waals surface area (Å²) in [6, 6.07) is 0. The molecule has 0 aliphatic heterocycles. The lowest BCUT2D eigenvalue weighted by Gasteiger charge is -2.32. The SMILES string of the molecule is C=C(O)C=CC1=C(C)CCCC1(C)C.CC(=O)O. The molecule has 0 fully saturated rings. The van der Waals surface area contributed by atoms with Crippen molar-refractivity contribution in [2.45, 2.75) is 47.0 Å². The van der Waals surface area contributed by atoms with Crippen molar-refractivity contribution < 1.29 is 15.0 Å². The van der Waals surface area contributed by atoms with Gasteiger partial charge in [-0.15, -0.1) is 0 Å². The third kappa shape index (κ3) is 6.28. The Morgan fingerprint density at radius 2 is 1.89 bits per heavy atom. The second-order valence-electron chi connectivity index (χ2n) is 5.28. The minimum atomic E-state index is -0.833. The fraction of sp³-hybridized carbons (Fsp3) is 0.533. The summed E-state index contributed by atoms with van der Waals surface area (Å²) in [5.41, 5.74) is 3.05. The van der Waals surface area contributed by atoms with Gasteiger partial charge in [-0.3, -0.25) is 4.79 Å². The molecule has 0 radical (unpaired) electrons. The second kappa shape index (κ2) is 7.04. The largest absolute Gasteiger partial charge is 0.509 e. The van der Waals surface area contributed by atoms with Crippen LogP contribution in [0.4, 0.5) is 0 Å². The first kappa shape index (κ1) is 16.5. The van der Waals surface area contributed by atoms with Crippen molar-refractivity contribution in [3.63, 3.8) is 0 Å². The minimum Gasteiger partial charge on any atom is -0.509 e. The Labute approximate surface area is 110 Å². The lowest BCUT2D eigenvalue weighted by Crippen LogP contribution is -2.19. The highest BCUT2D eigenvalue weighted by molar-refractivity contribution is 5.62. The fourth-order valence-corrected chi connectivity index (χ4v) is 2.19. The number of aliphatic hydroxyl groups excluding tert-OH is 1. The van der Waals surface area contributed by atoms with Gasteiger partial charge in [0.15, 0.2) is 0 Å². The van der Waals surface area contributed by atoms with Crippen LogP contribution in [0.5, 0.6) is 0 Å². The van der Waals surface area contributed by atoms with Gasteiger partial charge in [0.1, 0.15) is 5.76 Å². The topological polar surface area (TPSA) is 57.5 Å². The first-order valence-corrected chi connectivity index (χ1v) is 6.12. The summed E-state index contributed by atoms with van der Waals surface area (Å²) in [7, 11) is 0. The summed E-state index contributed by atoms with van der Waals surface area (Å²) in [5.74, 6) is -0.702. The van der Waals surface area contributed by atoms with E-state index in [2.05, 4.69) is 27.4 Å². The van der Waals surface area contributed by atoms with Crippen LogP contribution >= 0.6 is 0 Å². The first-order valence-electron chi connectivity index (χ1n) is 6.12. The maximum Gasteiger partial charge on any atom is 0.300 e. The zero-order valence-corrected chi connectivity index (χ0v) is 11.8. The Bertz CT molecular complexity index is 369. The molecule has 1 aliphatic rings. The molecule has 0 atom stereocenters. The second-order valence-corrected chi connectivity index (χ2v) is 5.28. The van der Waals surface area contributed by atoms with Gasteiger partial charge < -0.3 is 10.2 Å². The molecule has 3 heteroatoms. The van der Waals surface area contributed by atoms with Gasteiger partial charge in [0.25, 0.3) is 5.97 Å². The van der Waals surface area contributed by atoms with E-state index in [-0.39, 0.29) is 11.2 Å². The Kier molecular flexibility index (Phi) is 6.45. The molecule has 18 heavy (non-hydrogen) atoms. The van der Waals surface area contributed by atoms with E-state index in [9.17, 15) is 0 Å². The van der Waals surface area contributed by atoms with Crippen molar-refractivity contribution in [2.24, 2.45) is 5.41 Å². The van der Waals surface area contributed by atoms with Crippen molar-refractivity contribution in [2.75, 3.05) is 0 Å². The van der Waals surface area contributed by atoms with Gasteiger partial charge in [0.2, 0.25) is 0 Å². The van der Waals surface area contributed by atoms with Crippen LogP contribution < -0.4 is 0 Å². The van der Waals surface area contributed by atoms with Crippen LogP contribution in [0.25, 0.3) is 0 Å². The van der Waals surface area contributed by atoms with Crippen molar-refractivity contribution >= 4 is 5.97 Å². The molecule has 0 heterocycles. The lowest BCUT2D eigenvalue weighted by molar-refractivity contribution is -0.134. The predicted molar refractivity (Wildman–Crippen MR) is 74.6 cm³/mol. The van der Waals surface area contributed by atoms with Crippen LogP contribution in [-0.4, -0.2) is 16.2 Å². The summed E-state index contributed by atoms with van der Waals surface area (Å²) in [6.45, 7) is 11.2. The maximum absolute atomic E-state index is 9.04. The molecule has 0 aromatic carbocycles. The molecule has 1 rings (SSSR count). The molecule has 0 amide bonds. The van der Waals surface area contributed by atoms with Crippen LogP contribution in [0.3, 0.4) is 0 Å². The number of aliphatic carboxylic acids is 1. The average Bonchev–Trinajstić information content (AvgIpc) is 2.14. The van der Waals surface area contributed by atoms with E-state index < -0.39 is 5.97 Å². The molecule has 0 unspecified atom stereocenters. The van der Waals surface area contributed by atoms with Gasteiger partial charge in [-0.25, -0.2) is 0 Å². The zero-order chi connectivity index (χ0) is 14.3. The molecule has 0 saturated carbocycles. The van der Waals surface area contributed by atoms with Crippen LogP contribution in [0.15, 0.2) is 35.6 Å². The molecule has 0 saturated heterocycles. The molecule has 0 bridgehead atoms. The van der Waals surface area contributed by atoms with Gasteiger partial charge in [-0.05, 0) is 43.3 Å². The van der Waals surface area contributed by atoms with Crippen molar-refractivity contribution in [1.82, 2.24) is 0 Å². The Morgan fingerprint density at radius 3 is 2.28 bits per heavy atom. The molecule has 2 N–H and O–H groups in total. The molecule has 1 aliphatic carbocycles. The van der Waals surface area contributed by atoms with Gasteiger partial charge in [-0.2, -0.15) is 0 Å². The normalized spacial score (nSPS) is 18.2. The summed E-state index contributed by atoms with van der Waals surface area (Å²) in [6.07, 6.45) is 7.38. The fourth-order valence-electron chi connectivity index (χ4n) is 2.19. The number of carboxylic acid groups (broad SMARTS) is 1. The van der Waals surface area contributed by atoms with E-state index in [0.717, 1.165) is 6.92 Å². The van der Waals surface area contributed by atoms with E-state index >= 15 is 0 Å². The monoisotopic (exact) mass is 252 g/mol. The number of rotatable bonds is 2. The number of aliphatic hydroxyl groups is 1. The summed E-state index contributed by atoms with van der Waals surface area (Å²) in [4.78, 5) is 9.00. The van der Waals surface area contributed by atoms with Gasteiger partial charge in [0, 0.05) is 6.92 Å². The van der Waals surface area contributed by atoms with Crippen molar-refractivity contribution in [1.29, 1.82) is 0 Å². The van der Waals surface area contributed by atoms with E-state index in [0.29, 0.717) is 0 Å². The van der Waals surface area contributed by atoms with E-state index in [1.54, 1.807) is 6.08 Å². The van der Waals surface area contributed by atoms with Gasteiger partial charge in [-0.1, -0.05) is 32.1 Å². The van der Waals surface area contributed by atoms with Crippen molar-refractivity contribution in [3.05, 3.63) is 35.6 Å². The average molecular weight is 252 g/mol. The van der Waals surface area contributed by atoms with Gasteiger partial charge in [0.05, 0.1) is 0 Å². The molecular weight excluding hydrogens is 228 g/mol. The van der Waals surface area contributed by atoms with Crippen LogP contribution in [-0.2, 0) is 4.79 Å². The molecule has 3 nitrogen and oxygen atoms in total. The highest BCUT2D eigenvalue weighted by Gasteiger charge is 2.26. The smallest absolute Gasteiger partial charge is 0.300 e. The summed E-state index contributed by atoms with van der Waals surface area (Å²) < 4.78 is 0. The summed E-state index contributed by atoms with van der Waals surface area (Å²) >= 11 is 0. The number of carbonyl (C=O) groups is 1. The number of hydrogen-bond acceptors (Lipinski definition) is 2. The lowest BCUT2D eigenvalue weighted by atomic mass is 9.72. The Hall–Kier alpha value is -1.51. The molecule has 0 aromatic heterocycles. The van der Waals surface area contributed by atoms with Gasteiger partial charge >= 0.3 is 0 Å². The van der Waals surface area contributed by atoms with E-state index in [1.807, 2.05) is 6.08 Å². The highest BCUT2D eigenvalue weighted by atomic mass is 16.4. The Balaban J connectivity index is 0.000000631. The first-order chi connectivity index (χ1) is 8.16. The quantitative estimate of drug-likeness (QED) is 0.571. The minimum absolute atomic E-state index is 0.131. The molecule has 0 aromatic rings. The van der Waals surface area contributed by atoms with E-state index in [1.165, 1.54) is 30.4 Å². The van der Waals surface area contributed by atoms with Crippen molar-refractivity contribution in [3.8, 4) is 0 Å². The Morgan fingerprint density at radius 1 is 1.39 bits per heavy atom.